The number of halogens is 3. The molecule has 0 bridgehead atoms. The van der Waals surface area contributed by atoms with Crippen molar-refractivity contribution in [2.24, 2.45) is 0 Å². The molecule has 3 rings (SSSR count). The molecule has 0 radical (unpaired) electrons. The normalized spacial score (nSPS) is 12.4. The third-order valence-electron chi connectivity index (χ3n) is 3.62. The Morgan fingerprint density at radius 1 is 1.04 bits per heavy atom. The molecular weight excluding hydrogens is 345 g/mol. The van der Waals surface area contributed by atoms with E-state index in [2.05, 4.69) is 5.10 Å². The van der Waals surface area contributed by atoms with Crippen LogP contribution in [-0.2, 0) is 10.9 Å². The van der Waals surface area contributed by atoms with Gasteiger partial charge in [0.05, 0.1) is 11.1 Å². The van der Waals surface area contributed by atoms with Crippen LogP contribution in [0.3, 0.4) is 0 Å². The predicted molar refractivity (Wildman–Crippen MR) is 91.8 cm³/mol. The summed E-state index contributed by atoms with van der Waals surface area (Å²) in [5.74, 6) is 0. The first-order valence-corrected chi connectivity index (χ1v) is 7.95. The van der Waals surface area contributed by atoms with Crippen LogP contribution in [0.15, 0.2) is 48.5 Å². The first-order valence-electron chi connectivity index (χ1n) is 7.95. The van der Waals surface area contributed by atoms with Crippen molar-refractivity contribution in [3.8, 4) is 11.3 Å². The summed E-state index contributed by atoms with van der Waals surface area (Å²) in [7, 11) is 0. The highest BCUT2D eigenvalue weighted by molar-refractivity contribution is 5.97. The molecule has 0 aliphatic carbocycles. The van der Waals surface area contributed by atoms with Gasteiger partial charge < -0.3 is 4.74 Å². The molecule has 0 fully saturated rings. The van der Waals surface area contributed by atoms with Crippen molar-refractivity contribution in [1.29, 1.82) is 0 Å². The van der Waals surface area contributed by atoms with Gasteiger partial charge in [0.25, 0.3) is 0 Å². The molecule has 0 saturated carbocycles. The van der Waals surface area contributed by atoms with Crippen LogP contribution < -0.4 is 0 Å². The molecule has 0 atom stereocenters. The minimum Gasteiger partial charge on any atom is -0.442 e. The van der Waals surface area contributed by atoms with E-state index >= 15 is 0 Å². The molecule has 0 N–H and O–H groups in total. The lowest BCUT2D eigenvalue weighted by molar-refractivity contribution is -0.137. The molecule has 0 saturated heterocycles. The Morgan fingerprint density at radius 3 is 2.38 bits per heavy atom. The zero-order valence-electron chi connectivity index (χ0n) is 14.5. The lowest BCUT2D eigenvalue weighted by atomic mass is 10.0. The topological polar surface area (TPSA) is 44.1 Å². The standard InChI is InChI=1S/C19H17F3N2O2/c1-18(2,3)26-17(25)24-15-10-5-4-9-14(15)16(23-24)12-7-6-8-13(11-12)19(20,21)22/h4-11H,1-3H3. The van der Waals surface area contributed by atoms with E-state index in [4.69, 9.17) is 4.74 Å². The fourth-order valence-electron chi connectivity index (χ4n) is 2.57. The van der Waals surface area contributed by atoms with Gasteiger partial charge in [0.1, 0.15) is 11.3 Å². The maximum absolute atomic E-state index is 13.0. The van der Waals surface area contributed by atoms with Crippen molar-refractivity contribution < 1.29 is 22.7 Å². The summed E-state index contributed by atoms with van der Waals surface area (Å²) in [5, 5.41) is 4.81. The number of nitrogens with zero attached hydrogens (tertiary/aromatic N) is 2. The van der Waals surface area contributed by atoms with Crippen LogP contribution in [0.1, 0.15) is 26.3 Å². The molecule has 7 heteroatoms. The molecular formula is C19H17F3N2O2. The average Bonchev–Trinajstić information content (AvgIpc) is 2.92. The summed E-state index contributed by atoms with van der Waals surface area (Å²) in [4.78, 5) is 12.4. The average molecular weight is 362 g/mol. The highest BCUT2D eigenvalue weighted by Crippen LogP contribution is 2.34. The number of fused-ring (bicyclic) bond motifs is 1. The van der Waals surface area contributed by atoms with Gasteiger partial charge in [-0.05, 0) is 39.0 Å². The van der Waals surface area contributed by atoms with Gasteiger partial charge in [0.15, 0.2) is 0 Å². The molecule has 1 aromatic heterocycles. The van der Waals surface area contributed by atoms with Crippen LogP contribution in [0.25, 0.3) is 22.2 Å². The van der Waals surface area contributed by atoms with Gasteiger partial charge in [-0.3, -0.25) is 0 Å². The monoisotopic (exact) mass is 362 g/mol. The van der Waals surface area contributed by atoms with Gasteiger partial charge >= 0.3 is 12.3 Å². The number of carbonyl (C=O) groups is 1. The van der Waals surface area contributed by atoms with Crippen molar-refractivity contribution in [2.75, 3.05) is 0 Å². The Morgan fingerprint density at radius 2 is 1.73 bits per heavy atom. The Labute approximate surface area is 148 Å². The van der Waals surface area contributed by atoms with Gasteiger partial charge in [0, 0.05) is 10.9 Å². The number of alkyl halides is 3. The predicted octanol–water partition coefficient (Wildman–Crippen LogP) is 5.51. The number of aromatic nitrogens is 2. The first kappa shape index (κ1) is 18.0. The van der Waals surface area contributed by atoms with E-state index < -0.39 is 23.4 Å². The van der Waals surface area contributed by atoms with Crippen molar-refractivity contribution in [2.45, 2.75) is 32.5 Å². The highest BCUT2D eigenvalue weighted by Gasteiger charge is 2.31. The fraction of sp³-hybridized carbons (Fsp3) is 0.263. The van der Waals surface area contributed by atoms with E-state index in [1.54, 1.807) is 45.0 Å². The quantitative estimate of drug-likeness (QED) is 0.574. The van der Waals surface area contributed by atoms with Crippen molar-refractivity contribution in [3.05, 3.63) is 54.1 Å². The highest BCUT2D eigenvalue weighted by atomic mass is 19.4. The number of hydrogen-bond donors (Lipinski definition) is 0. The summed E-state index contributed by atoms with van der Waals surface area (Å²) in [6, 6.07) is 11.7. The van der Waals surface area contributed by atoms with Crippen molar-refractivity contribution in [3.63, 3.8) is 0 Å². The molecule has 136 valence electrons. The summed E-state index contributed by atoms with van der Waals surface area (Å²) < 4.78 is 45.5. The van der Waals surface area contributed by atoms with Crippen molar-refractivity contribution in [1.82, 2.24) is 9.78 Å². The molecule has 26 heavy (non-hydrogen) atoms. The maximum atomic E-state index is 13.0. The van der Waals surface area contributed by atoms with Crippen LogP contribution in [0.4, 0.5) is 18.0 Å². The Kier molecular flexibility index (Phi) is 4.26. The second-order valence-corrected chi connectivity index (χ2v) is 6.84. The zero-order chi connectivity index (χ0) is 19.1. The molecule has 0 amide bonds. The lowest BCUT2D eigenvalue weighted by Crippen LogP contribution is -2.27. The van der Waals surface area contributed by atoms with Gasteiger partial charge in [-0.15, -0.1) is 0 Å². The third kappa shape index (κ3) is 3.56. The van der Waals surface area contributed by atoms with Gasteiger partial charge in [-0.25, -0.2) is 4.79 Å². The van der Waals surface area contributed by atoms with Crippen LogP contribution in [0, 0.1) is 0 Å². The van der Waals surface area contributed by atoms with E-state index in [1.165, 1.54) is 12.1 Å². The lowest BCUT2D eigenvalue weighted by Gasteiger charge is -2.19. The molecule has 1 heterocycles. The minimum atomic E-state index is -4.46. The van der Waals surface area contributed by atoms with E-state index in [-0.39, 0.29) is 11.3 Å². The maximum Gasteiger partial charge on any atom is 0.435 e. The number of carbonyl (C=O) groups excluding carboxylic acids is 1. The number of ether oxygens (including phenoxy) is 1. The van der Waals surface area contributed by atoms with Crippen LogP contribution in [0.2, 0.25) is 0 Å². The molecule has 0 aliphatic heterocycles. The van der Waals surface area contributed by atoms with E-state index in [0.717, 1.165) is 16.8 Å². The van der Waals surface area contributed by atoms with Gasteiger partial charge in [0.2, 0.25) is 0 Å². The second-order valence-electron chi connectivity index (χ2n) is 6.84. The van der Waals surface area contributed by atoms with E-state index in [1.807, 2.05) is 0 Å². The Hall–Kier alpha value is -2.83. The molecule has 3 aromatic rings. The smallest absolute Gasteiger partial charge is 0.435 e. The van der Waals surface area contributed by atoms with Crippen LogP contribution in [0.5, 0.6) is 0 Å². The number of hydrogen-bond acceptors (Lipinski definition) is 3. The number of rotatable bonds is 1. The SMILES string of the molecule is CC(C)(C)OC(=O)n1nc(-c2cccc(C(F)(F)F)c2)c2ccccc21. The third-order valence-corrected chi connectivity index (χ3v) is 3.62. The molecule has 0 unspecified atom stereocenters. The summed E-state index contributed by atoms with van der Waals surface area (Å²) >= 11 is 0. The zero-order valence-corrected chi connectivity index (χ0v) is 14.5. The van der Waals surface area contributed by atoms with Gasteiger partial charge in [-0.2, -0.15) is 23.0 Å². The van der Waals surface area contributed by atoms with E-state index in [9.17, 15) is 18.0 Å². The largest absolute Gasteiger partial charge is 0.442 e. The summed E-state index contributed by atoms with van der Waals surface area (Å²) in [6.45, 7) is 5.18. The summed E-state index contributed by atoms with van der Waals surface area (Å²) in [6.07, 6.45) is -5.15. The molecule has 4 nitrogen and oxygen atoms in total. The fourth-order valence-corrected chi connectivity index (χ4v) is 2.57. The molecule has 2 aromatic carbocycles. The van der Waals surface area contributed by atoms with Crippen LogP contribution >= 0.6 is 0 Å². The summed E-state index contributed by atoms with van der Waals surface area (Å²) in [5.41, 5.74) is -0.462. The number of benzene rings is 2. The van der Waals surface area contributed by atoms with Crippen LogP contribution in [-0.4, -0.2) is 21.5 Å². The Balaban J connectivity index is 2.15. The molecule has 0 spiro atoms. The second kappa shape index (κ2) is 6.16. The Bertz CT molecular complexity index is 969. The first-order chi connectivity index (χ1) is 12.1. The number of para-hydroxylation sites is 1. The van der Waals surface area contributed by atoms with E-state index in [0.29, 0.717) is 10.9 Å². The van der Waals surface area contributed by atoms with Gasteiger partial charge in [-0.1, -0.05) is 30.3 Å². The molecule has 0 aliphatic rings. The minimum absolute atomic E-state index is 0.276. The van der Waals surface area contributed by atoms with Crippen molar-refractivity contribution >= 4 is 17.0 Å².